The highest BCUT2D eigenvalue weighted by atomic mass is 19.1. The standard InChI is InChI=1S/C17H15FN2O5/c1-10-7-8-14(20(23)24)16(11(10)2)19-15(21)9-25-17(22)12-5-3-4-6-13(12)18/h3-8H,9H2,1-2H3,(H,19,21). The van der Waals surface area contributed by atoms with Crippen molar-refractivity contribution in [2.24, 2.45) is 0 Å². The molecule has 0 bridgehead atoms. The van der Waals surface area contributed by atoms with Crippen LogP contribution in [0.15, 0.2) is 36.4 Å². The summed E-state index contributed by atoms with van der Waals surface area (Å²) in [5, 5.41) is 13.5. The van der Waals surface area contributed by atoms with Crippen molar-refractivity contribution in [2.45, 2.75) is 13.8 Å². The van der Waals surface area contributed by atoms with Crippen LogP contribution < -0.4 is 5.32 Å². The molecule has 0 spiro atoms. The second kappa shape index (κ2) is 7.52. The van der Waals surface area contributed by atoms with Crippen LogP contribution in [0.4, 0.5) is 15.8 Å². The molecule has 25 heavy (non-hydrogen) atoms. The van der Waals surface area contributed by atoms with Gasteiger partial charge in [-0.2, -0.15) is 0 Å². The van der Waals surface area contributed by atoms with Crippen LogP contribution >= 0.6 is 0 Å². The summed E-state index contributed by atoms with van der Waals surface area (Å²) >= 11 is 0. The van der Waals surface area contributed by atoms with E-state index in [9.17, 15) is 24.1 Å². The van der Waals surface area contributed by atoms with E-state index in [0.29, 0.717) is 5.56 Å². The molecule has 1 amide bonds. The number of amides is 1. The van der Waals surface area contributed by atoms with E-state index in [0.717, 1.165) is 11.6 Å². The van der Waals surface area contributed by atoms with Gasteiger partial charge in [0.05, 0.1) is 10.5 Å². The summed E-state index contributed by atoms with van der Waals surface area (Å²) in [5.74, 6) is -2.52. The third-order valence-corrected chi connectivity index (χ3v) is 3.60. The molecule has 0 atom stereocenters. The fourth-order valence-corrected chi connectivity index (χ4v) is 2.12. The molecular weight excluding hydrogens is 331 g/mol. The Bertz CT molecular complexity index is 851. The number of nitro benzene ring substituents is 1. The molecule has 0 aliphatic rings. The summed E-state index contributed by atoms with van der Waals surface area (Å²) < 4.78 is 18.2. The number of esters is 1. The van der Waals surface area contributed by atoms with Crippen molar-refractivity contribution in [3.63, 3.8) is 0 Å². The lowest BCUT2D eigenvalue weighted by molar-refractivity contribution is -0.384. The fraction of sp³-hybridized carbons (Fsp3) is 0.176. The number of carbonyl (C=O) groups is 2. The zero-order valence-electron chi connectivity index (χ0n) is 13.5. The molecule has 0 radical (unpaired) electrons. The molecule has 0 heterocycles. The Morgan fingerprint density at radius 1 is 1.20 bits per heavy atom. The number of ether oxygens (including phenoxy) is 1. The average molecular weight is 346 g/mol. The number of aryl methyl sites for hydroxylation is 1. The van der Waals surface area contributed by atoms with Gasteiger partial charge < -0.3 is 10.1 Å². The van der Waals surface area contributed by atoms with Crippen LogP contribution in [0.25, 0.3) is 0 Å². The highest BCUT2D eigenvalue weighted by Gasteiger charge is 2.20. The van der Waals surface area contributed by atoms with E-state index >= 15 is 0 Å². The van der Waals surface area contributed by atoms with E-state index in [4.69, 9.17) is 4.74 Å². The maximum Gasteiger partial charge on any atom is 0.341 e. The van der Waals surface area contributed by atoms with Crippen LogP contribution in [0.5, 0.6) is 0 Å². The molecule has 2 rings (SSSR count). The average Bonchev–Trinajstić information content (AvgIpc) is 2.57. The van der Waals surface area contributed by atoms with Crippen molar-refractivity contribution >= 4 is 23.3 Å². The van der Waals surface area contributed by atoms with Gasteiger partial charge in [-0.3, -0.25) is 14.9 Å². The number of hydrogen-bond acceptors (Lipinski definition) is 5. The van der Waals surface area contributed by atoms with E-state index in [-0.39, 0.29) is 16.9 Å². The maximum absolute atomic E-state index is 13.5. The first-order valence-electron chi connectivity index (χ1n) is 7.27. The number of anilines is 1. The predicted molar refractivity (Wildman–Crippen MR) is 87.9 cm³/mol. The Morgan fingerprint density at radius 3 is 2.52 bits per heavy atom. The number of benzene rings is 2. The van der Waals surface area contributed by atoms with Crippen LogP contribution in [0.1, 0.15) is 21.5 Å². The number of carbonyl (C=O) groups excluding carboxylic acids is 2. The highest BCUT2D eigenvalue weighted by molar-refractivity contribution is 5.97. The van der Waals surface area contributed by atoms with E-state index in [1.54, 1.807) is 19.9 Å². The molecule has 0 saturated carbocycles. The number of rotatable bonds is 5. The topological polar surface area (TPSA) is 98.5 Å². The molecule has 0 fully saturated rings. The van der Waals surface area contributed by atoms with Gasteiger partial charge in [0.25, 0.3) is 11.6 Å². The fourth-order valence-electron chi connectivity index (χ4n) is 2.12. The summed E-state index contributed by atoms with van der Waals surface area (Å²) in [6.07, 6.45) is 0. The minimum absolute atomic E-state index is 0.0388. The van der Waals surface area contributed by atoms with Gasteiger partial charge >= 0.3 is 5.97 Å². The first-order chi connectivity index (χ1) is 11.8. The molecule has 0 aliphatic carbocycles. The van der Waals surface area contributed by atoms with Crippen molar-refractivity contribution in [1.29, 1.82) is 0 Å². The van der Waals surface area contributed by atoms with Crippen LogP contribution in [0, 0.1) is 29.8 Å². The summed E-state index contributed by atoms with van der Waals surface area (Å²) in [5.41, 5.74) is 0.758. The molecule has 8 heteroatoms. The minimum atomic E-state index is -0.997. The summed E-state index contributed by atoms with van der Waals surface area (Å²) in [4.78, 5) is 34.2. The second-order valence-electron chi connectivity index (χ2n) is 5.26. The largest absolute Gasteiger partial charge is 0.452 e. The highest BCUT2D eigenvalue weighted by Crippen LogP contribution is 2.30. The monoisotopic (exact) mass is 346 g/mol. The first-order valence-corrected chi connectivity index (χ1v) is 7.27. The molecular formula is C17H15FN2O5. The summed E-state index contributed by atoms with van der Waals surface area (Å²) in [6, 6.07) is 8.05. The Kier molecular flexibility index (Phi) is 5.43. The number of nitrogens with zero attached hydrogens (tertiary/aromatic N) is 1. The Morgan fingerprint density at radius 2 is 1.88 bits per heavy atom. The zero-order valence-corrected chi connectivity index (χ0v) is 13.5. The molecule has 0 aromatic heterocycles. The Labute approximate surface area is 142 Å². The van der Waals surface area contributed by atoms with Gasteiger partial charge in [0.15, 0.2) is 6.61 Å². The van der Waals surface area contributed by atoms with Gasteiger partial charge in [0.2, 0.25) is 0 Å². The van der Waals surface area contributed by atoms with Gasteiger partial charge in [0.1, 0.15) is 11.5 Å². The molecule has 2 aromatic carbocycles. The SMILES string of the molecule is Cc1ccc([N+](=O)[O-])c(NC(=O)COC(=O)c2ccccc2F)c1C. The van der Waals surface area contributed by atoms with Crippen molar-refractivity contribution in [1.82, 2.24) is 0 Å². The Balaban J connectivity index is 2.09. The maximum atomic E-state index is 13.5. The Hall–Kier alpha value is -3.29. The van der Waals surface area contributed by atoms with Crippen molar-refractivity contribution < 1.29 is 23.6 Å². The lowest BCUT2D eigenvalue weighted by Crippen LogP contribution is -2.22. The predicted octanol–water partition coefficient (Wildman–Crippen LogP) is 3.15. The third kappa shape index (κ3) is 4.17. The van der Waals surface area contributed by atoms with Gasteiger partial charge in [-0.1, -0.05) is 18.2 Å². The van der Waals surface area contributed by atoms with Gasteiger partial charge in [-0.05, 0) is 37.1 Å². The summed E-state index contributed by atoms with van der Waals surface area (Å²) in [7, 11) is 0. The quantitative estimate of drug-likeness (QED) is 0.509. The van der Waals surface area contributed by atoms with Gasteiger partial charge in [0, 0.05) is 6.07 Å². The van der Waals surface area contributed by atoms with Gasteiger partial charge in [-0.25, -0.2) is 9.18 Å². The number of halogens is 1. The van der Waals surface area contributed by atoms with Crippen LogP contribution in [-0.2, 0) is 9.53 Å². The first kappa shape index (κ1) is 18.1. The lowest BCUT2D eigenvalue weighted by atomic mass is 10.1. The van der Waals surface area contributed by atoms with Crippen molar-refractivity contribution in [3.8, 4) is 0 Å². The molecule has 2 aromatic rings. The van der Waals surface area contributed by atoms with Crippen LogP contribution in [-0.4, -0.2) is 23.4 Å². The zero-order chi connectivity index (χ0) is 18.6. The lowest BCUT2D eigenvalue weighted by Gasteiger charge is -2.11. The van der Waals surface area contributed by atoms with Crippen LogP contribution in [0.3, 0.4) is 0 Å². The second-order valence-corrected chi connectivity index (χ2v) is 5.26. The third-order valence-electron chi connectivity index (χ3n) is 3.60. The molecule has 130 valence electrons. The van der Waals surface area contributed by atoms with E-state index in [1.165, 1.54) is 24.3 Å². The van der Waals surface area contributed by atoms with Crippen LogP contribution in [0.2, 0.25) is 0 Å². The normalized spacial score (nSPS) is 10.2. The number of nitro groups is 1. The van der Waals surface area contributed by atoms with Crippen molar-refractivity contribution in [3.05, 3.63) is 69.0 Å². The number of nitrogens with one attached hydrogen (secondary N) is 1. The number of hydrogen-bond donors (Lipinski definition) is 1. The molecule has 0 saturated heterocycles. The van der Waals surface area contributed by atoms with Crippen molar-refractivity contribution in [2.75, 3.05) is 11.9 Å². The van der Waals surface area contributed by atoms with E-state index < -0.39 is 29.2 Å². The van der Waals surface area contributed by atoms with E-state index in [2.05, 4.69) is 5.32 Å². The van der Waals surface area contributed by atoms with Gasteiger partial charge in [-0.15, -0.1) is 0 Å². The smallest absolute Gasteiger partial charge is 0.341 e. The molecule has 7 nitrogen and oxygen atoms in total. The molecule has 0 unspecified atom stereocenters. The van der Waals surface area contributed by atoms with E-state index in [1.807, 2.05) is 0 Å². The molecule has 0 aliphatic heterocycles. The minimum Gasteiger partial charge on any atom is -0.452 e. The summed E-state index contributed by atoms with van der Waals surface area (Å²) in [6.45, 7) is 2.67. The molecule has 1 N–H and O–H groups in total.